The van der Waals surface area contributed by atoms with Gasteiger partial charge in [-0.25, -0.2) is 9.48 Å². The predicted octanol–water partition coefficient (Wildman–Crippen LogP) is 2.28. The second-order valence-corrected chi connectivity index (χ2v) is 7.65. The normalized spacial score (nSPS) is 10.3. The molecule has 35 heavy (non-hydrogen) atoms. The van der Waals surface area contributed by atoms with E-state index in [1.165, 1.54) is 17.7 Å². The summed E-state index contributed by atoms with van der Waals surface area (Å²) in [5.74, 6) is -0.567. The molecule has 0 spiro atoms. The van der Waals surface area contributed by atoms with E-state index in [0.29, 0.717) is 11.4 Å². The summed E-state index contributed by atoms with van der Waals surface area (Å²) in [6, 6.07) is 17.6. The van der Waals surface area contributed by atoms with Gasteiger partial charge >= 0.3 is 6.09 Å². The van der Waals surface area contributed by atoms with Gasteiger partial charge in [0, 0.05) is 30.8 Å². The monoisotopic (exact) mass is 477 g/mol. The minimum absolute atomic E-state index is 0.0853. The Bertz CT molecular complexity index is 1270. The van der Waals surface area contributed by atoms with Gasteiger partial charge < -0.3 is 15.4 Å². The molecule has 3 aromatic rings. The minimum atomic E-state index is -0.548. The summed E-state index contributed by atoms with van der Waals surface area (Å²) in [6.45, 7) is 3.75. The van der Waals surface area contributed by atoms with E-state index in [4.69, 9.17) is 4.74 Å². The maximum atomic E-state index is 12.4. The quantitative estimate of drug-likeness (QED) is 0.433. The molecule has 3 amide bonds. The highest BCUT2D eigenvalue weighted by Gasteiger charge is 2.08. The number of rotatable bonds is 9. The van der Waals surface area contributed by atoms with Gasteiger partial charge in [0.1, 0.15) is 0 Å². The third-order valence-corrected chi connectivity index (χ3v) is 4.86. The van der Waals surface area contributed by atoms with Crippen LogP contribution >= 0.6 is 0 Å². The molecular formula is C25H27N5O5. The fraction of sp³-hybridized carbons (Fsp3) is 0.240. The number of carbonyl (C=O) groups is 3. The number of ether oxygens (including phenoxy) is 1. The molecule has 0 atom stereocenters. The first kappa shape index (κ1) is 25.2. The number of hydrogen-bond donors (Lipinski definition) is 3. The van der Waals surface area contributed by atoms with Crippen LogP contribution < -0.4 is 21.5 Å². The summed E-state index contributed by atoms with van der Waals surface area (Å²) in [6.07, 6.45) is -0.548. The molecule has 0 bridgehead atoms. The van der Waals surface area contributed by atoms with E-state index < -0.39 is 6.09 Å². The molecule has 3 rings (SSSR count). The van der Waals surface area contributed by atoms with E-state index in [1.54, 1.807) is 31.2 Å². The zero-order chi connectivity index (χ0) is 25.2. The van der Waals surface area contributed by atoms with Gasteiger partial charge in [0.2, 0.25) is 11.8 Å². The summed E-state index contributed by atoms with van der Waals surface area (Å²) in [5, 5.41) is 12.3. The van der Waals surface area contributed by atoms with Crippen molar-refractivity contribution in [2.75, 3.05) is 18.5 Å². The highest BCUT2D eigenvalue weighted by Crippen LogP contribution is 2.18. The van der Waals surface area contributed by atoms with Gasteiger partial charge in [0.25, 0.3) is 5.56 Å². The van der Waals surface area contributed by atoms with Crippen molar-refractivity contribution >= 4 is 23.6 Å². The lowest BCUT2D eigenvalue weighted by Crippen LogP contribution is -2.35. The van der Waals surface area contributed by atoms with Crippen LogP contribution in [0.1, 0.15) is 25.0 Å². The van der Waals surface area contributed by atoms with Gasteiger partial charge in [-0.05, 0) is 42.3 Å². The Morgan fingerprint density at radius 3 is 2.51 bits per heavy atom. The second kappa shape index (κ2) is 12.1. The smallest absolute Gasteiger partial charge is 0.411 e. The van der Waals surface area contributed by atoms with Gasteiger partial charge in [-0.3, -0.25) is 19.7 Å². The number of benzene rings is 2. The molecule has 0 radical (unpaired) electrons. The van der Waals surface area contributed by atoms with E-state index in [0.717, 1.165) is 16.7 Å². The van der Waals surface area contributed by atoms with Crippen LogP contribution in [0.4, 0.5) is 10.5 Å². The van der Waals surface area contributed by atoms with Gasteiger partial charge in [-0.1, -0.05) is 30.3 Å². The summed E-state index contributed by atoms with van der Waals surface area (Å²) < 4.78 is 6.24. The van der Waals surface area contributed by atoms with Gasteiger partial charge in [0.15, 0.2) is 0 Å². The molecule has 0 fully saturated rings. The molecule has 1 aromatic heterocycles. The van der Waals surface area contributed by atoms with Gasteiger partial charge in [0.05, 0.1) is 25.4 Å². The summed E-state index contributed by atoms with van der Waals surface area (Å²) in [7, 11) is 0. The highest BCUT2D eigenvalue weighted by molar-refractivity contribution is 5.84. The van der Waals surface area contributed by atoms with E-state index in [-0.39, 0.29) is 43.6 Å². The van der Waals surface area contributed by atoms with Crippen molar-refractivity contribution in [3.05, 3.63) is 82.1 Å². The third-order valence-electron chi connectivity index (χ3n) is 4.86. The van der Waals surface area contributed by atoms with Crippen molar-refractivity contribution in [3.8, 4) is 11.3 Å². The molecule has 0 saturated heterocycles. The maximum absolute atomic E-state index is 12.4. The molecule has 0 aliphatic rings. The lowest BCUT2D eigenvalue weighted by Gasteiger charge is -2.11. The van der Waals surface area contributed by atoms with Crippen LogP contribution in [0.5, 0.6) is 0 Å². The van der Waals surface area contributed by atoms with E-state index in [9.17, 15) is 19.2 Å². The van der Waals surface area contributed by atoms with Crippen molar-refractivity contribution in [1.82, 2.24) is 20.4 Å². The molecule has 0 aliphatic heterocycles. The predicted molar refractivity (Wildman–Crippen MR) is 131 cm³/mol. The fourth-order valence-electron chi connectivity index (χ4n) is 3.23. The Kier molecular flexibility index (Phi) is 8.71. The van der Waals surface area contributed by atoms with Crippen molar-refractivity contribution in [2.45, 2.75) is 26.9 Å². The number of nitrogens with zero attached hydrogens (tertiary/aromatic N) is 2. The Morgan fingerprint density at radius 2 is 1.74 bits per heavy atom. The topological polar surface area (TPSA) is 131 Å². The molecule has 10 nitrogen and oxygen atoms in total. The van der Waals surface area contributed by atoms with Crippen molar-refractivity contribution in [3.63, 3.8) is 0 Å². The van der Waals surface area contributed by atoms with Crippen molar-refractivity contribution in [2.24, 2.45) is 0 Å². The Morgan fingerprint density at radius 1 is 0.971 bits per heavy atom. The lowest BCUT2D eigenvalue weighted by atomic mass is 10.1. The number of carbonyl (C=O) groups excluding carboxylic acids is 3. The number of hydrogen-bond acceptors (Lipinski definition) is 6. The Balaban J connectivity index is 1.72. The van der Waals surface area contributed by atoms with Crippen LogP contribution in [0.15, 0.2) is 65.5 Å². The fourth-order valence-corrected chi connectivity index (χ4v) is 3.23. The second-order valence-electron chi connectivity index (χ2n) is 7.65. The third kappa shape index (κ3) is 7.81. The minimum Gasteiger partial charge on any atom is -0.450 e. The van der Waals surface area contributed by atoms with Crippen LogP contribution in [0, 0.1) is 0 Å². The maximum Gasteiger partial charge on any atom is 0.411 e. The SMILES string of the molecule is CCOC(=O)Nc1cccc(Cn2nc(-c3cccc(CNC(=O)CNC(C)=O)c3)ccc2=O)c1. The molecule has 182 valence electrons. The lowest BCUT2D eigenvalue weighted by molar-refractivity contribution is -0.125. The summed E-state index contributed by atoms with van der Waals surface area (Å²) in [5.41, 5.74) is 3.29. The van der Waals surface area contributed by atoms with E-state index in [1.807, 2.05) is 30.3 Å². The number of aromatic nitrogens is 2. The number of nitrogens with one attached hydrogen (secondary N) is 3. The first-order valence-corrected chi connectivity index (χ1v) is 11.1. The zero-order valence-electron chi connectivity index (χ0n) is 19.5. The number of anilines is 1. The van der Waals surface area contributed by atoms with Gasteiger partial charge in [-0.2, -0.15) is 5.10 Å². The summed E-state index contributed by atoms with van der Waals surface area (Å²) >= 11 is 0. The van der Waals surface area contributed by atoms with E-state index >= 15 is 0 Å². The van der Waals surface area contributed by atoms with Crippen LogP contribution in [-0.4, -0.2) is 40.8 Å². The molecule has 1 heterocycles. The first-order chi connectivity index (χ1) is 16.8. The average Bonchev–Trinajstić information content (AvgIpc) is 2.83. The zero-order valence-corrected chi connectivity index (χ0v) is 19.5. The Hall–Kier alpha value is -4.47. The molecule has 3 N–H and O–H groups in total. The van der Waals surface area contributed by atoms with E-state index in [2.05, 4.69) is 21.0 Å². The van der Waals surface area contributed by atoms with Crippen LogP contribution in [0.25, 0.3) is 11.3 Å². The molecule has 10 heteroatoms. The molecule has 0 saturated carbocycles. The van der Waals surface area contributed by atoms with Crippen molar-refractivity contribution in [1.29, 1.82) is 0 Å². The first-order valence-electron chi connectivity index (χ1n) is 11.1. The van der Waals surface area contributed by atoms with Crippen molar-refractivity contribution < 1.29 is 19.1 Å². The highest BCUT2D eigenvalue weighted by atomic mass is 16.5. The number of amides is 3. The largest absolute Gasteiger partial charge is 0.450 e. The molecule has 2 aromatic carbocycles. The average molecular weight is 478 g/mol. The standard InChI is InChI=1S/C25H27N5O5/c1-3-35-25(34)28-21-9-5-7-19(13-21)16-30-24(33)11-10-22(29-30)20-8-4-6-18(12-20)14-27-23(32)15-26-17(2)31/h4-13H,3,14-16H2,1-2H3,(H,26,31)(H,27,32)(H,28,34). The van der Waals surface area contributed by atoms with Crippen LogP contribution in [0.3, 0.4) is 0 Å². The molecule has 0 aliphatic carbocycles. The summed E-state index contributed by atoms with van der Waals surface area (Å²) in [4.78, 5) is 46.9. The van der Waals surface area contributed by atoms with Crippen LogP contribution in [-0.2, 0) is 27.4 Å². The van der Waals surface area contributed by atoms with Gasteiger partial charge in [-0.15, -0.1) is 0 Å². The molecule has 0 unspecified atom stereocenters. The Labute approximate surface area is 202 Å². The molecular weight excluding hydrogens is 450 g/mol. The van der Waals surface area contributed by atoms with Crippen LogP contribution in [0.2, 0.25) is 0 Å².